The lowest BCUT2D eigenvalue weighted by molar-refractivity contribution is 0.0977. The lowest BCUT2D eigenvalue weighted by Crippen LogP contribution is -2.36. The summed E-state index contributed by atoms with van der Waals surface area (Å²) in [5.41, 5.74) is 7.92. The highest BCUT2D eigenvalue weighted by Crippen LogP contribution is 2.14. The Kier molecular flexibility index (Phi) is 6.35. The van der Waals surface area contributed by atoms with Gasteiger partial charge in [0, 0.05) is 29.6 Å². The predicted octanol–water partition coefficient (Wildman–Crippen LogP) is 4.36. The van der Waals surface area contributed by atoms with Crippen molar-refractivity contribution in [2.45, 2.75) is 41.2 Å². The number of nitrogens with zero attached hydrogens (tertiary/aromatic N) is 3. The zero-order valence-corrected chi connectivity index (χ0v) is 18.5. The number of carbonyl (C=O) groups excluding carboxylic acids is 1. The number of carbonyl (C=O) groups is 1. The minimum atomic E-state index is -0.198. The van der Waals surface area contributed by atoms with E-state index in [2.05, 4.69) is 20.7 Å². The Hall–Kier alpha value is -3.41. The van der Waals surface area contributed by atoms with E-state index in [1.54, 1.807) is 0 Å². The van der Waals surface area contributed by atoms with E-state index in [1.807, 2.05) is 88.8 Å². The second-order valence-electron chi connectivity index (χ2n) is 7.68. The summed E-state index contributed by atoms with van der Waals surface area (Å²) in [6.07, 6.45) is 0. The van der Waals surface area contributed by atoms with Crippen molar-refractivity contribution in [3.63, 3.8) is 0 Å². The van der Waals surface area contributed by atoms with Crippen LogP contribution in [0.1, 0.15) is 44.0 Å². The van der Waals surface area contributed by atoms with Crippen LogP contribution in [0.2, 0.25) is 0 Å². The van der Waals surface area contributed by atoms with E-state index in [0.29, 0.717) is 18.1 Å². The van der Waals surface area contributed by atoms with Crippen LogP contribution in [0, 0.1) is 34.6 Å². The summed E-state index contributed by atoms with van der Waals surface area (Å²) in [5, 5.41) is 10.6. The van der Waals surface area contributed by atoms with E-state index in [1.165, 1.54) is 5.56 Å². The minimum Gasteiger partial charge on any atom is -0.326 e. The molecule has 1 aromatic heterocycles. The van der Waals surface area contributed by atoms with Gasteiger partial charge < -0.3 is 5.32 Å². The number of hydrogen-bond donors (Lipinski definition) is 2. The first kappa shape index (κ1) is 21.3. The van der Waals surface area contributed by atoms with E-state index in [0.717, 1.165) is 33.8 Å². The largest absolute Gasteiger partial charge is 0.326 e. The molecular weight excluding hydrogens is 374 g/mol. The number of aryl methyl sites for hydroxylation is 5. The Labute approximate surface area is 178 Å². The van der Waals surface area contributed by atoms with Gasteiger partial charge in [0.25, 0.3) is 5.91 Å². The number of benzene rings is 2. The van der Waals surface area contributed by atoms with E-state index in [4.69, 9.17) is 0 Å². The maximum atomic E-state index is 12.9. The van der Waals surface area contributed by atoms with Gasteiger partial charge in [-0.05, 0) is 70.0 Å². The summed E-state index contributed by atoms with van der Waals surface area (Å²) in [4.78, 5) is 17.5. The molecule has 0 radical (unpaired) electrons. The van der Waals surface area contributed by atoms with Crippen LogP contribution in [-0.2, 0) is 13.6 Å². The van der Waals surface area contributed by atoms with Gasteiger partial charge in [0.1, 0.15) is 0 Å². The highest BCUT2D eigenvalue weighted by atomic mass is 16.1. The monoisotopic (exact) mass is 403 g/mol. The second kappa shape index (κ2) is 8.95. The summed E-state index contributed by atoms with van der Waals surface area (Å²) in [7, 11) is 1.92. The van der Waals surface area contributed by atoms with Gasteiger partial charge in [-0.2, -0.15) is 5.10 Å². The molecule has 2 N–H and O–H groups in total. The van der Waals surface area contributed by atoms with Crippen LogP contribution in [0.15, 0.2) is 47.5 Å². The highest BCUT2D eigenvalue weighted by molar-refractivity contribution is 6.10. The molecule has 1 heterocycles. The summed E-state index contributed by atoms with van der Waals surface area (Å²) in [6, 6.07) is 13.6. The third-order valence-electron chi connectivity index (χ3n) is 5.37. The molecule has 156 valence electrons. The first-order chi connectivity index (χ1) is 14.2. The average Bonchev–Trinajstić information content (AvgIpc) is 2.95. The lowest BCUT2D eigenvalue weighted by Gasteiger charge is -2.13. The maximum Gasteiger partial charge on any atom is 0.257 e. The molecule has 30 heavy (non-hydrogen) atoms. The molecular formula is C24H29N5O. The van der Waals surface area contributed by atoms with Crippen molar-refractivity contribution in [1.29, 1.82) is 0 Å². The SMILES string of the molecule is Cc1ccc(NC(=NCc2c(C)nn(C)c2C)NC(=O)c2ccc(C)c(C)c2)cc1. The zero-order chi connectivity index (χ0) is 21.8. The third-order valence-corrected chi connectivity index (χ3v) is 5.37. The van der Waals surface area contributed by atoms with Crippen molar-refractivity contribution in [1.82, 2.24) is 15.1 Å². The molecule has 2 aromatic carbocycles. The highest BCUT2D eigenvalue weighted by Gasteiger charge is 2.13. The van der Waals surface area contributed by atoms with Crippen LogP contribution >= 0.6 is 0 Å². The number of aromatic nitrogens is 2. The molecule has 0 saturated carbocycles. The smallest absolute Gasteiger partial charge is 0.257 e. The fraction of sp³-hybridized carbons (Fsp3) is 0.292. The Bertz CT molecular complexity index is 1090. The molecule has 0 spiro atoms. The number of guanidine groups is 1. The summed E-state index contributed by atoms with van der Waals surface area (Å²) in [5.74, 6) is 0.209. The predicted molar refractivity (Wildman–Crippen MR) is 122 cm³/mol. The molecule has 0 aliphatic carbocycles. The van der Waals surface area contributed by atoms with Crippen LogP contribution < -0.4 is 10.6 Å². The standard InChI is InChI=1S/C24H29N5O/c1-15-7-11-21(12-8-15)26-24(25-14-22-18(4)28-29(6)19(22)5)27-23(30)20-10-9-16(2)17(3)13-20/h7-13H,14H2,1-6H3,(H2,25,26,27,30). The number of amides is 1. The number of anilines is 1. The van der Waals surface area contributed by atoms with Crippen LogP contribution in [0.4, 0.5) is 5.69 Å². The van der Waals surface area contributed by atoms with Gasteiger partial charge in [-0.25, -0.2) is 4.99 Å². The van der Waals surface area contributed by atoms with E-state index in [9.17, 15) is 4.79 Å². The van der Waals surface area contributed by atoms with E-state index < -0.39 is 0 Å². The van der Waals surface area contributed by atoms with Crippen molar-refractivity contribution in [3.05, 3.63) is 81.7 Å². The maximum absolute atomic E-state index is 12.9. The topological polar surface area (TPSA) is 71.3 Å². The van der Waals surface area contributed by atoms with Gasteiger partial charge in [-0.15, -0.1) is 0 Å². The molecule has 0 saturated heterocycles. The minimum absolute atomic E-state index is 0.198. The molecule has 0 aliphatic rings. The van der Waals surface area contributed by atoms with Crippen LogP contribution in [-0.4, -0.2) is 21.6 Å². The first-order valence-corrected chi connectivity index (χ1v) is 10.0. The van der Waals surface area contributed by atoms with Crippen LogP contribution in [0.3, 0.4) is 0 Å². The van der Waals surface area contributed by atoms with Gasteiger partial charge in [-0.1, -0.05) is 23.8 Å². The van der Waals surface area contributed by atoms with Gasteiger partial charge in [0.15, 0.2) is 0 Å². The number of rotatable bonds is 4. The Balaban J connectivity index is 1.86. The fourth-order valence-electron chi connectivity index (χ4n) is 3.15. The van der Waals surface area contributed by atoms with Crippen molar-refractivity contribution in [3.8, 4) is 0 Å². The van der Waals surface area contributed by atoms with Crippen molar-refractivity contribution < 1.29 is 4.79 Å². The van der Waals surface area contributed by atoms with Crippen molar-refractivity contribution >= 4 is 17.6 Å². The Morgan fingerprint density at radius 1 is 1.00 bits per heavy atom. The van der Waals surface area contributed by atoms with Crippen LogP contribution in [0.5, 0.6) is 0 Å². The number of nitrogens with one attached hydrogen (secondary N) is 2. The molecule has 6 heteroatoms. The van der Waals surface area contributed by atoms with E-state index in [-0.39, 0.29) is 5.91 Å². The zero-order valence-electron chi connectivity index (χ0n) is 18.5. The van der Waals surface area contributed by atoms with Crippen molar-refractivity contribution in [2.24, 2.45) is 12.0 Å². The molecule has 1 amide bonds. The molecule has 3 aromatic rings. The van der Waals surface area contributed by atoms with Gasteiger partial charge >= 0.3 is 0 Å². The van der Waals surface area contributed by atoms with Gasteiger partial charge in [-0.3, -0.25) is 14.8 Å². The van der Waals surface area contributed by atoms with E-state index >= 15 is 0 Å². The normalized spacial score (nSPS) is 11.5. The quantitative estimate of drug-likeness (QED) is 0.502. The third kappa shape index (κ3) is 4.95. The fourth-order valence-corrected chi connectivity index (χ4v) is 3.15. The van der Waals surface area contributed by atoms with Gasteiger partial charge in [0.2, 0.25) is 5.96 Å². The summed E-state index contributed by atoms with van der Waals surface area (Å²) >= 11 is 0. The molecule has 0 aliphatic heterocycles. The lowest BCUT2D eigenvalue weighted by atomic mass is 10.1. The average molecular weight is 404 g/mol. The first-order valence-electron chi connectivity index (χ1n) is 10.0. The molecule has 0 unspecified atom stereocenters. The molecule has 6 nitrogen and oxygen atoms in total. The Morgan fingerprint density at radius 2 is 1.70 bits per heavy atom. The second-order valence-corrected chi connectivity index (χ2v) is 7.68. The molecule has 0 atom stereocenters. The Morgan fingerprint density at radius 3 is 2.30 bits per heavy atom. The molecule has 0 bridgehead atoms. The summed E-state index contributed by atoms with van der Waals surface area (Å²) in [6.45, 7) is 10.5. The van der Waals surface area contributed by atoms with Crippen molar-refractivity contribution in [2.75, 3.05) is 5.32 Å². The number of aliphatic imine (C=N–C) groups is 1. The number of hydrogen-bond acceptors (Lipinski definition) is 3. The van der Waals surface area contributed by atoms with Gasteiger partial charge in [0.05, 0.1) is 12.2 Å². The molecule has 0 fully saturated rings. The van der Waals surface area contributed by atoms with Crippen LogP contribution in [0.25, 0.3) is 0 Å². The summed E-state index contributed by atoms with van der Waals surface area (Å²) < 4.78 is 1.85. The molecule has 3 rings (SSSR count).